The van der Waals surface area contributed by atoms with E-state index in [9.17, 15) is 4.79 Å². The van der Waals surface area contributed by atoms with Gasteiger partial charge in [0.2, 0.25) is 0 Å². The van der Waals surface area contributed by atoms with Crippen molar-refractivity contribution in [3.63, 3.8) is 0 Å². The lowest BCUT2D eigenvalue weighted by Gasteiger charge is -2.25. The van der Waals surface area contributed by atoms with Crippen molar-refractivity contribution >= 4 is 17.5 Å². The number of halogens is 1. The summed E-state index contributed by atoms with van der Waals surface area (Å²) in [5.41, 5.74) is 3.22. The van der Waals surface area contributed by atoms with Crippen LogP contribution in [0.25, 0.3) is 11.3 Å². The van der Waals surface area contributed by atoms with Crippen LogP contribution in [0.15, 0.2) is 60.8 Å². The number of hydrogen-bond acceptors (Lipinski definition) is 3. The average molecular weight is 369 g/mol. The maximum absolute atomic E-state index is 12.7. The summed E-state index contributed by atoms with van der Waals surface area (Å²) in [7, 11) is 3.95. The first-order valence-corrected chi connectivity index (χ1v) is 8.73. The SMILES string of the molecule is CN(C)[C@@H](CNC(=O)c1cn[nH]c1-c1ccccc1)c1cccc(Cl)c1. The second kappa shape index (κ2) is 8.17. The molecule has 1 atom stereocenters. The Morgan fingerprint density at radius 1 is 1.19 bits per heavy atom. The van der Waals surface area contributed by atoms with Crippen LogP contribution >= 0.6 is 11.6 Å². The van der Waals surface area contributed by atoms with Gasteiger partial charge in [0.15, 0.2) is 0 Å². The Morgan fingerprint density at radius 2 is 1.96 bits per heavy atom. The highest BCUT2D eigenvalue weighted by Crippen LogP contribution is 2.23. The van der Waals surface area contributed by atoms with E-state index in [1.165, 1.54) is 0 Å². The van der Waals surface area contributed by atoms with Gasteiger partial charge in [-0.1, -0.05) is 54.1 Å². The van der Waals surface area contributed by atoms with E-state index in [0.29, 0.717) is 22.8 Å². The number of amides is 1. The Kier molecular flexibility index (Phi) is 5.71. The Hall–Kier alpha value is -2.63. The molecule has 0 saturated carbocycles. The Balaban J connectivity index is 1.75. The molecular formula is C20H21ClN4O. The van der Waals surface area contributed by atoms with E-state index in [1.807, 2.05) is 68.7 Å². The third-order valence-electron chi connectivity index (χ3n) is 4.26. The molecule has 0 aliphatic heterocycles. The van der Waals surface area contributed by atoms with Crippen LogP contribution in [0.2, 0.25) is 5.02 Å². The lowest BCUT2D eigenvalue weighted by Crippen LogP contribution is -2.34. The Labute approximate surface area is 158 Å². The number of nitrogens with zero attached hydrogens (tertiary/aromatic N) is 2. The molecule has 6 heteroatoms. The van der Waals surface area contributed by atoms with Crippen molar-refractivity contribution in [3.05, 3.63) is 76.9 Å². The molecule has 3 rings (SSSR count). The molecule has 0 aliphatic carbocycles. The van der Waals surface area contributed by atoms with E-state index >= 15 is 0 Å². The van der Waals surface area contributed by atoms with E-state index in [4.69, 9.17) is 11.6 Å². The summed E-state index contributed by atoms with van der Waals surface area (Å²) in [5, 5.41) is 10.6. The zero-order valence-electron chi connectivity index (χ0n) is 14.7. The zero-order chi connectivity index (χ0) is 18.5. The van der Waals surface area contributed by atoms with Gasteiger partial charge >= 0.3 is 0 Å². The molecule has 0 fully saturated rings. The van der Waals surface area contributed by atoms with Crippen LogP contribution in [0.5, 0.6) is 0 Å². The highest BCUT2D eigenvalue weighted by molar-refractivity contribution is 6.30. The van der Waals surface area contributed by atoms with Crippen molar-refractivity contribution in [2.45, 2.75) is 6.04 Å². The van der Waals surface area contributed by atoms with E-state index in [1.54, 1.807) is 6.20 Å². The highest BCUT2D eigenvalue weighted by atomic mass is 35.5. The van der Waals surface area contributed by atoms with E-state index < -0.39 is 0 Å². The average Bonchev–Trinajstić information content (AvgIpc) is 3.12. The van der Waals surface area contributed by atoms with E-state index in [2.05, 4.69) is 20.4 Å². The van der Waals surface area contributed by atoms with Gasteiger partial charge in [0.25, 0.3) is 5.91 Å². The first-order valence-electron chi connectivity index (χ1n) is 8.35. The van der Waals surface area contributed by atoms with Crippen molar-refractivity contribution in [1.29, 1.82) is 0 Å². The molecule has 0 spiro atoms. The first-order chi connectivity index (χ1) is 12.6. The molecule has 1 aromatic heterocycles. The van der Waals surface area contributed by atoms with Crippen LogP contribution < -0.4 is 5.32 Å². The summed E-state index contributed by atoms with van der Waals surface area (Å²) in [6.45, 7) is 0.464. The molecule has 1 heterocycles. The van der Waals surface area contributed by atoms with Gasteiger partial charge in [-0.25, -0.2) is 0 Å². The molecule has 0 saturated heterocycles. The summed E-state index contributed by atoms with van der Waals surface area (Å²) in [4.78, 5) is 14.8. The van der Waals surface area contributed by atoms with Crippen molar-refractivity contribution < 1.29 is 4.79 Å². The molecule has 0 radical (unpaired) electrons. The van der Waals surface area contributed by atoms with Crippen molar-refractivity contribution in [1.82, 2.24) is 20.4 Å². The van der Waals surface area contributed by atoms with Gasteiger partial charge in [-0.15, -0.1) is 0 Å². The first kappa shape index (κ1) is 18.2. The largest absolute Gasteiger partial charge is 0.350 e. The quantitative estimate of drug-likeness (QED) is 0.696. The van der Waals surface area contributed by atoms with Crippen molar-refractivity contribution in [3.8, 4) is 11.3 Å². The molecular weight excluding hydrogens is 348 g/mol. The number of hydrogen-bond donors (Lipinski definition) is 2. The number of likely N-dealkylation sites (N-methyl/N-ethyl adjacent to an activating group) is 1. The summed E-state index contributed by atoms with van der Waals surface area (Å²) < 4.78 is 0. The third kappa shape index (κ3) is 4.12. The van der Waals surface area contributed by atoms with Crippen molar-refractivity contribution in [2.24, 2.45) is 0 Å². The van der Waals surface area contributed by atoms with E-state index in [-0.39, 0.29) is 11.9 Å². The van der Waals surface area contributed by atoms with Crippen LogP contribution in [0.4, 0.5) is 0 Å². The molecule has 1 amide bonds. The fourth-order valence-corrected chi connectivity index (χ4v) is 3.08. The molecule has 26 heavy (non-hydrogen) atoms. The summed E-state index contributed by atoms with van der Waals surface area (Å²) in [6, 6.07) is 17.4. The van der Waals surface area contributed by atoms with Gasteiger partial charge in [-0.2, -0.15) is 5.10 Å². The number of benzene rings is 2. The second-order valence-corrected chi connectivity index (χ2v) is 6.71. The van der Waals surface area contributed by atoms with Crippen LogP contribution in [-0.4, -0.2) is 41.6 Å². The van der Waals surface area contributed by atoms with Gasteiger partial charge in [0.05, 0.1) is 23.5 Å². The predicted molar refractivity (Wildman–Crippen MR) is 104 cm³/mol. The van der Waals surface area contributed by atoms with Gasteiger partial charge in [0, 0.05) is 17.1 Å². The van der Waals surface area contributed by atoms with Crippen LogP contribution in [0.1, 0.15) is 22.0 Å². The molecule has 0 bridgehead atoms. The monoisotopic (exact) mass is 368 g/mol. The van der Waals surface area contributed by atoms with Gasteiger partial charge < -0.3 is 10.2 Å². The topological polar surface area (TPSA) is 61.0 Å². The number of nitrogens with one attached hydrogen (secondary N) is 2. The standard InChI is InChI=1S/C20H21ClN4O/c1-25(2)18(15-9-6-10-16(21)11-15)13-22-20(26)17-12-23-24-19(17)14-7-4-3-5-8-14/h3-12,18H,13H2,1-2H3,(H,22,26)(H,23,24)/t18-/m0/s1. The fourth-order valence-electron chi connectivity index (χ4n) is 2.88. The fraction of sp³-hybridized carbons (Fsp3) is 0.200. The Bertz CT molecular complexity index is 876. The Morgan fingerprint density at radius 3 is 2.65 bits per heavy atom. The maximum Gasteiger partial charge on any atom is 0.255 e. The normalized spacial score (nSPS) is 12.2. The number of rotatable bonds is 6. The van der Waals surface area contributed by atoms with Crippen LogP contribution in [0.3, 0.4) is 0 Å². The number of aromatic amines is 1. The van der Waals surface area contributed by atoms with Gasteiger partial charge in [-0.05, 0) is 31.8 Å². The lowest BCUT2D eigenvalue weighted by molar-refractivity contribution is 0.0942. The van der Waals surface area contributed by atoms with Crippen LogP contribution in [0, 0.1) is 0 Å². The maximum atomic E-state index is 12.7. The summed E-state index contributed by atoms with van der Waals surface area (Å²) >= 11 is 6.11. The third-order valence-corrected chi connectivity index (χ3v) is 4.49. The minimum atomic E-state index is -0.161. The molecule has 134 valence electrons. The molecule has 0 aliphatic rings. The number of aromatic nitrogens is 2. The molecule has 2 aromatic carbocycles. The van der Waals surface area contributed by atoms with Gasteiger partial charge in [0.1, 0.15) is 0 Å². The minimum Gasteiger partial charge on any atom is -0.350 e. The van der Waals surface area contributed by atoms with Crippen molar-refractivity contribution in [2.75, 3.05) is 20.6 Å². The summed E-state index contributed by atoms with van der Waals surface area (Å²) in [6.07, 6.45) is 1.56. The number of carbonyl (C=O) groups excluding carboxylic acids is 1. The molecule has 3 aromatic rings. The van der Waals surface area contributed by atoms with E-state index in [0.717, 1.165) is 11.1 Å². The molecule has 5 nitrogen and oxygen atoms in total. The smallest absolute Gasteiger partial charge is 0.255 e. The number of H-pyrrole nitrogens is 1. The number of carbonyl (C=O) groups is 1. The summed E-state index contributed by atoms with van der Waals surface area (Å²) in [5.74, 6) is -0.161. The van der Waals surface area contributed by atoms with Gasteiger partial charge in [-0.3, -0.25) is 9.89 Å². The molecule has 0 unspecified atom stereocenters. The second-order valence-electron chi connectivity index (χ2n) is 6.27. The zero-order valence-corrected chi connectivity index (χ0v) is 15.5. The van der Waals surface area contributed by atoms with Crippen LogP contribution in [-0.2, 0) is 0 Å². The lowest BCUT2D eigenvalue weighted by atomic mass is 10.1. The molecule has 2 N–H and O–H groups in total. The highest BCUT2D eigenvalue weighted by Gasteiger charge is 2.19. The predicted octanol–water partition coefficient (Wildman–Crippen LogP) is 3.76. The minimum absolute atomic E-state index is 0.0183.